The van der Waals surface area contributed by atoms with Gasteiger partial charge in [0.25, 0.3) is 0 Å². The molecule has 4 aromatic carbocycles. The fraction of sp³-hybridized carbons (Fsp3) is 0.341. The van der Waals surface area contributed by atoms with Gasteiger partial charge >= 0.3 is 30.9 Å². The number of carbonyl (C=O) groups is 1. The number of hydrogen-bond acceptors (Lipinski definition) is 20. The molecule has 0 atom stereocenters. The van der Waals surface area contributed by atoms with Crippen LogP contribution in [-0.2, 0) is 35.7 Å². The molecule has 9 heterocycles. The van der Waals surface area contributed by atoms with Crippen LogP contribution in [0.15, 0.2) is 204 Å². The van der Waals surface area contributed by atoms with Crippen molar-refractivity contribution in [1.82, 2.24) is 41.7 Å². The maximum absolute atomic E-state index is 12.7. The van der Waals surface area contributed by atoms with Gasteiger partial charge in [-0.3, -0.25) is 4.79 Å². The van der Waals surface area contributed by atoms with Crippen LogP contribution in [0.1, 0.15) is 48.6 Å². The van der Waals surface area contributed by atoms with Crippen molar-refractivity contribution in [2.45, 2.75) is 51.7 Å². The van der Waals surface area contributed by atoms with E-state index in [1.54, 1.807) is 57.6 Å². The third-order valence-corrected chi connectivity index (χ3v) is 25.9. The highest BCUT2D eigenvalue weighted by Gasteiger charge is 2.36. The lowest BCUT2D eigenvalue weighted by molar-refractivity contribution is -0.138. The van der Waals surface area contributed by atoms with Crippen molar-refractivity contribution in [2.75, 3.05) is 179 Å². The Morgan fingerprint density at radius 1 is 0.442 bits per heavy atom. The number of ether oxygens (including phenoxy) is 3. The van der Waals surface area contributed by atoms with Crippen LogP contribution in [0.25, 0.3) is 0 Å². The third kappa shape index (κ3) is 42.5. The average molecular weight is 2430 g/mol. The molecule has 4 aliphatic rings. The van der Waals surface area contributed by atoms with Gasteiger partial charge in [-0.15, -0.1) is 11.6 Å². The third-order valence-electron chi connectivity index (χ3n) is 18.9. The van der Waals surface area contributed by atoms with E-state index in [4.69, 9.17) is 142 Å². The van der Waals surface area contributed by atoms with Crippen molar-refractivity contribution in [1.29, 1.82) is 0 Å². The summed E-state index contributed by atoms with van der Waals surface area (Å²) in [6.45, 7) is 22.7. The smallest absolute Gasteiger partial charge is 0.417 e. The maximum Gasteiger partial charge on any atom is 0.417 e. The minimum Gasteiger partial charge on any atom is -0.508 e. The first kappa shape index (κ1) is 123. The number of pyridine rings is 5. The number of piperazine rings is 4. The van der Waals surface area contributed by atoms with Crippen molar-refractivity contribution in [2.24, 2.45) is 0 Å². The quantitative estimate of drug-likeness (QED) is 0.0219. The van der Waals surface area contributed by atoms with Crippen molar-refractivity contribution in [3.8, 4) is 23.0 Å². The maximum atomic E-state index is 12.7. The van der Waals surface area contributed by atoms with Crippen LogP contribution >= 0.6 is 191 Å². The largest absolute Gasteiger partial charge is 0.508 e. The van der Waals surface area contributed by atoms with E-state index in [0.29, 0.717) is 165 Å². The zero-order valence-corrected chi connectivity index (χ0v) is 88.2. The molecule has 13 rings (SSSR count). The SMILES string of the molecule is C1CNCCN1.C=CC(=O)/C=C\C.CCN(CC)c1ccc(C(F)(F)F)cn1.COc1cc(Cl)c(Br)c(Cl)c1.COc1cc(Cl)c(Br)c(N2CCN(c3ccc(C(F)(F)F)cn3)CC2)c1.ClCC=C(Cl)Cl.FC(F)(F)c1ccc(Cl)nc1.FC(F)(F)c1ccc(N2CCN(c3cc(OCC=C(Cl)Cl)cc(Cl)c3Br)CC2)nc1.N.Oc1cc(Cl)c(Br)c(N2CCN(c3ccc(C(F)(F)F)cn3)CC2)c1. The van der Waals surface area contributed by atoms with E-state index >= 15 is 0 Å². The second-order valence-electron chi connectivity index (χ2n) is 28.0. The van der Waals surface area contributed by atoms with Crippen LogP contribution in [0.4, 0.5) is 106 Å². The number of rotatable bonds is 17. The Morgan fingerprint density at radius 3 is 1.01 bits per heavy atom. The topological polar surface area (TPSA) is 211 Å². The number of anilines is 7. The minimum absolute atomic E-state index is 0. The van der Waals surface area contributed by atoms with Gasteiger partial charge in [0.2, 0.25) is 0 Å². The molecule has 6 N–H and O–H groups in total. The fourth-order valence-electron chi connectivity index (χ4n) is 11.9. The van der Waals surface area contributed by atoms with E-state index in [-0.39, 0.29) is 38.4 Å². The highest BCUT2D eigenvalue weighted by molar-refractivity contribution is 9.11. The minimum atomic E-state index is -4.40. The Balaban J connectivity index is 0.000000341. The van der Waals surface area contributed by atoms with Crippen LogP contribution < -0.4 is 65.3 Å². The molecule has 0 aliphatic carbocycles. The number of phenolic OH excluding ortho intramolecular Hbond substituents is 1. The number of aromatic nitrogens is 5. The predicted octanol–water partition coefficient (Wildman–Crippen LogP) is 28.6. The van der Waals surface area contributed by atoms with Gasteiger partial charge in [-0.05, 0) is 188 Å². The molecular weight excluding hydrogens is 2340 g/mol. The van der Waals surface area contributed by atoms with Gasteiger partial charge in [-0.2, -0.15) is 65.9 Å². The Kier molecular flexibility index (Phi) is 54.1. The summed E-state index contributed by atoms with van der Waals surface area (Å²) in [7, 11) is 3.15. The predicted molar refractivity (Wildman–Crippen MR) is 541 cm³/mol. The molecule has 5 aromatic heterocycles. The highest BCUT2D eigenvalue weighted by atomic mass is 79.9. The van der Waals surface area contributed by atoms with Crippen molar-refractivity contribution in [3.63, 3.8) is 0 Å². The molecule has 0 radical (unpaired) electrons. The summed E-state index contributed by atoms with van der Waals surface area (Å²) in [6, 6.07) is 25.4. The summed E-state index contributed by atoms with van der Waals surface area (Å²) in [5.74, 6) is 4.45. The van der Waals surface area contributed by atoms with Crippen LogP contribution in [-0.4, -0.2) is 180 Å². The summed E-state index contributed by atoms with van der Waals surface area (Å²) >= 11 is 75.7. The van der Waals surface area contributed by atoms with Crippen LogP contribution in [0, 0.1) is 0 Å². The fourth-order valence-corrected chi connectivity index (χ4v) is 15.3. The van der Waals surface area contributed by atoms with Gasteiger partial charge in [-0.1, -0.05) is 129 Å². The highest BCUT2D eigenvalue weighted by Crippen LogP contribution is 2.43. The number of halogens is 30. The van der Waals surface area contributed by atoms with Gasteiger partial charge in [-0.25, -0.2) is 24.9 Å². The lowest BCUT2D eigenvalue weighted by Gasteiger charge is -2.37. The molecule has 758 valence electrons. The summed E-state index contributed by atoms with van der Waals surface area (Å²) < 4.78 is 205. The molecule has 9 aromatic rings. The van der Waals surface area contributed by atoms with E-state index < -0.39 is 58.7 Å². The number of aromatic hydroxyl groups is 1. The number of phenols is 1. The number of nitrogens with zero attached hydrogens (tertiary/aromatic N) is 12. The Bertz CT molecular complexity index is 5290. The lowest BCUT2D eigenvalue weighted by atomic mass is 10.2. The summed E-state index contributed by atoms with van der Waals surface area (Å²) in [4.78, 5) is 43.2. The zero-order valence-electron chi connectivity index (χ0n) is 73.5. The normalized spacial score (nSPS) is 13.7. The molecular formula is C88H91Br4Cl11F15N15O5. The van der Waals surface area contributed by atoms with Crippen molar-refractivity contribution in [3.05, 3.63) is 262 Å². The van der Waals surface area contributed by atoms with Gasteiger partial charge in [0, 0.05) is 185 Å². The second kappa shape index (κ2) is 60.6. The standard InChI is InChI=1S/C19H16BrCl3F3N3O.C17H16BrClF3N3O.C16H14BrClF3N3O.C10H13F3N2.C7H5BrCl2O.C6H3ClF3N.C6H8O.C4H10N2.C3H3Cl3.H3N/c20-18-14(21)9-13(30-8-3-16(22)23)10-15(18)28-4-6-29(7-5-28)17-2-1-12(11-27-17)19(24,25)26;1-26-12-8-13(19)16(18)14(9-12)24-4-6-25(7-5-24)15-3-2-11(10-23-15)17(20,21)22;17-15-12(18)7-11(25)8-13(15)23-3-5-24(6-4-23)14-2-1-10(9-22-14)16(19,20)21;1-3-15(4-2)9-6-5-8(7-14-9)10(11,12)13;1-11-4-2-5(9)7(8)6(10)3-4;7-5-2-1-4(3-11-5)6(8,9)10;1-3-5-6(7)4-2;1-2-6-4-3-5-1;4-2-1-3(5)6;/h1-3,9-11H,4-8H2;2-3,8-10H,4-7H2,1H3;1-2,7-9,25H,3-6H2;5-7H,3-4H2,1-2H3;2-3H,1H3;1-3H;3-5H,2H2,1H3;5-6H,1-4H2;1H,2H2;1H3/b;;;;;;5-3-;;;. The number of allylic oxidation sites excluding steroid dienone is 4. The molecule has 0 amide bonds. The Labute approximate surface area is 877 Å². The van der Waals surface area contributed by atoms with Gasteiger partial charge in [0.15, 0.2) is 5.78 Å². The lowest BCUT2D eigenvalue weighted by Crippen LogP contribution is -2.47. The number of alkyl halides is 16. The van der Waals surface area contributed by atoms with Gasteiger partial charge in [0.05, 0.1) is 102 Å². The van der Waals surface area contributed by atoms with Gasteiger partial charge < -0.3 is 70.4 Å². The molecule has 4 fully saturated rings. The number of ketones is 1. The van der Waals surface area contributed by atoms with E-state index in [0.717, 1.165) is 126 Å². The number of carbonyl (C=O) groups excluding carboxylic acids is 1. The van der Waals surface area contributed by atoms with Crippen LogP contribution in [0.2, 0.25) is 30.3 Å². The molecule has 20 nitrogen and oxygen atoms in total. The van der Waals surface area contributed by atoms with E-state index in [1.807, 2.05) is 45.6 Å². The summed E-state index contributed by atoms with van der Waals surface area (Å²) in [5.41, 5.74) is -1.19. The Morgan fingerprint density at radius 2 is 0.746 bits per heavy atom. The van der Waals surface area contributed by atoms with E-state index in [1.165, 1.54) is 54.6 Å². The zero-order chi connectivity index (χ0) is 102. The van der Waals surface area contributed by atoms with Crippen molar-refractivity contribution < 1.29 is 90.0 Å². The van der Waals surface area contributed by atoms with Crippen LogP contribution in [0.3, 0.4) is 0 Å². The number of methoxy groups -OCH3 is 2. The molecule has 0 bridgehead atoms. The van der Waals surface area contributed by atoms with Gasteiger partial charge in [0.1, 0.15) is 67.0 Å². The number of nitrogens with one attached hydrogen (secondary N) is 2. The first-order chi connectivity index (χ1) is 64.4. The number of benzene rings is 4. The van der Waals surface area contributed by atoms with Crippen LogP contribution in [0.5, 0.6) is 23.0 Å². The van der Waals surface area contributed by atoms with E-state index in [2.05, 4.69) is 121 Å². The molecule has 0 saturated carbocycles. The molecule has 4 aliphatic heterocycles. The molecule has 0 unspecified atom stereocenters. The van der Waals surface area contributed by atoms with E-state index in [9.17, 15) is 75.8 Å². The first-order valence-electron chi connectivity index (χ1n) is 40.3. The molecule has 50 heteroatoms. The van der Waals surface area contributed by atoms with Crippen molar-refractivity contribution >= 4 is 237 Å². The molecule has 138 heavy (non-hydrogen) atoms. The monoisotopic (exact) mass is 2420 g/mol. The molecule has 4 saturated heterocycles. The summed E-state index contributed by atoms with van der Waals surface area (Å²) in [5, 5.41) is 18.8. The number of hydrogen-bond donors (Lipinski definition) is 4. The molecule has 0 spiro atoms. The first-order valence-corrected chi connectivity index (χ1v) is 47.8. The summed E-state index contributed by atoms with van der Waals surface area (Å²) in [6.07, 6.45) is -10.2. The average Bonchev–Trinajstić information content (AvgIpc) is 0.804. The Hall–Kier alpha value is -7.00. The second-order valence-corrected chi connectivity index (χ2v) is 35.9.